The number of hydrogen-bond acceptors (Lipinski definition) is 1. The summed E-state index contributed by atoms with van der Waals surface area (Å²) in [5, 5.41) is 3.61. The highest BCUT2D eigenvalue weighted by Gasteiger charge is 2.27. The first-order chi connectivity index (χ1) is 7.78. The summed E-state index contributed by atoms with van der Waals surface area (Å²) < 4.78 is 0. The van der Waals surface area contributed by atoms with Gasteiger partial charge in [0.2, 0.25) is 0 Å². The van der Waals surface area contributed by atoms with Crippen LogP contribution in [0.25, 0.3) is 0 Å². The summed E-state index contributed by atoms with van der Waals surface area (Å²) >= 11 is 0. The first kappa shape index (κ1) is 15.0. The van der Waals surface area contributed by atoms with Gasteiger partial charge >= 0.3 is 0 Å². The van der Waals surface area contributed by atoms with Crippen molar-refractivity contribution in [2.75, 3.05) is 6.54 Å². The highest BCUT2D eigenvalue weighted by atomic mass is 14.9. The largest absolute Gasteiger partial charge is 0.312 e. The van der Waals surface area contributed by atoms with Gasteiger partial charge in [0.05, 0.1) is 0 Å². The van der Waals surface area contributed by atoms with Crippen LogP contribution in [0.15, 0.2) is 0 Å². The van der Waals surface area contributed by atoms with E-state index in [9.17, 15) is 0 Å². The van der Waals surface area contributed by atoms with Crippen LogP contribution in [0.2, 0.25) is 0 Å². The highest BCUT2D eigenvalue weighted by Crippen LogP contribution is 2.37. The summed E-state index contributed by atoms with van der Waals surface area (Å²) in [7, 11) is 0. The second-order valence-corrected chi connectivity index (χ2v) is 7.62. The van der Waals surface area contributed by atoms with Crippen molar-refractivity contribution in [2.45, 2.75) is 72.8 Å². The molecule has 0 bridgehead atoms. The van der Waals surface area contributed by atoms with Gasteiger partial charge in [-0.3, -0.25) is 0 Å². The lowest BCUT2D eigenvalue weighted by atomic mass is 9.71. The standard InChI is InChI=1S/C16H33N/c1-12-9-13(2)11-15(10-12)14(3)7-8-17-16(4,5)6/h12-15,17H,7-11H2,1-6H3. The molecule has 0 aromatic rings. The average molecular weight is 239 g/mol. The van der Waals surface area contributed by atoms with E-state index in [-0.39, 0.29) is 5.54 Å². The van der Waals surface area contributed by atoms with Gasteiger partial charge in [-0.15, -0.1) is 0 Å². The Morgan fingerprint density at radius 1 is 1.06 bits per heavy atom. The van der Waals surface area contributed by atoms with Gasteiger partial charge in [-0.05, 0) is 76.7 Å². The van der Waals surface area contributed by atoms with E-state index in [1.54, 1.807) is 0 Å². The van der Waals surface area contributed by atoms with E-state index >= 15 is 0 Å². The summed E-state index contributed by atoms with van der Waals surface area (Å²) in [5.41, 5.74) is 0.271. The van der Waals surface area contributed by atoms with Crippen molar-refractivity contribution >= 4 is 0 Å². The van der Waals surface area contributed by atoms with E-state index in [1.807, 2.05) is 0 Å². The summed E-state index contributed by atoms with van der Waals surface area (Å²) in [4.78, 5) is 0. The van der Waals surface area contributed by atoms with Gasteiger partial charge in [-0.1, -0.05) is 20.8 Å². The van der Waals surface area contributed by atoms with Gasteiger partial charge in [-0.2, -0.15) is 0 Å². The van der Waals surface area contributed by atoms with Crippen LogP contribution in [0.5, 0.6) is 0 Å². The minimum atomic E-state index is 0.271. The third-order valence-electron chi connectivity index (χ3n) is 4.27. The first-order valence-corrected chi connectivity index (χ1v) is 7.53. The van der Waals surface area contributed by atoms with Gasteiger partial charge < -0.3 is 5.32 Å². The van der Waals surface area contributed by atoms with Crippen molar-refractivity contribution in [2.24, 2.45) is 23.7 Å². The maximum absolute atomic E-state index is 3.61. The Kier molecular flexibility index (Phi) is 5.50. The molecule has 17 heavy (non-hydrogen) atoms. The molecule has 1 N–H and O–H groups in total. The minimum Gasteiger partial charge on any atom is -0.312 e. The SMILES string of the molecule is CC1CC(C)CC(C(C)CCNC(C)(C)C)C1. The van der Waals surface area contributed by atoms with Crippen LogP contribution in [-0.4, -0.2) is 12.1 Å². The van der Waals surface area contributed by atoms with E-state index in [0.29, 0.717) is 0 Å². The Labute approximate surface area is 109 Å². The Hall–Kier alpha value is -0.0400. The monoisotopic (exact) mass is 239 g/mol. The van der Waals surface area contributed by atoms with Crippen LogP contribution >= 0.6 is 0 Å². The molecule has 1 rings (SSSR count). The summed E-state index contributed by atoms with van der Waals surface area (Å²) in [5.74, 6) is 3.74. The normalized spacial score (nSPS) is 32.5. The topological polar surface area (TPSA) is 12.0 Å². The number of rotatable bonds is 4. The molecule has 0 aromatic heterocycles. The van der Waals surface area contributed by atoms with Crippen LogP contribution in [0.4, 0.5) is 0 Å². The molecule has 3 atom stereocenters. The van der Waals surface area contributed by atoms with Crippen LogP contribution in [0.3, 0.4) is 0 Å². The zero-order valence-corrected chi connectivity index (χ0v) is 12.8. The van der Waals surface area contributed by atoms with Gasteiger partial charge in [0.15, 0.2) is 0 Å². The fourth-order valence-electron chi connectivity index (χ4n) is 3.38. The predicted octanol–water partition coefficient (Wildman–Crippen LogP) is 4.47. The smallest absolute Gasteiger partial charge is 0.00965 e. The molecule has 1 heteroatoms. The van der Waals surface area contributed by atoms with Gasteiger partial charge in [0, 0.05) is 5.54 Å². The van der Waals surface area contributed by atoms with E-state index in [1.165, 1.54) is 32.2 Å². The molecular formula is C16H33N. The predicted molar refractivity (Wildman–Crippen MR) is 77.2 cm³/mol. The lowest BCUT2D eigenvalue weighted by molar-refractivity contribution is 0.161. The summed E-state index contributed by atoms with van der Waals surface area (Å²) in [6, 6.07) is 0. The molecule has 1 fully saturated rings. The fourth-order valence-corrected chi connectivity index (χ4v) is 3.38. The van der Waals surface area contributed by atoms with E-state index in [4.69, 9.17) is 0 Å². The zero-order valence-electron chi connectivity index (χ0n) is 12.8. The molecule has 1 aliphatic carbocycles. The number of hydrogen-bond donors (Lipinski definition) is 1. The van der Waals surface area contributed by atoms with Crippen molar-refractivity contribution in [3.8, 4) is 0 Å². The lowest BCUT2D eigenvalue weighted by Gasteiger charge is -2.35. The Balaban J connectivity index is 2.29. The molecule has 1 aliphatic rings. The molecular weight excluding hydrogens is 206 g/mol. The van der Waals surface area contributed by atoms with Crippen LogP contribution < -0.4 is 5.32 Å². The fraction of sp³-hybridized carbons (Fsp3) is 1.00. The molecule has 0 aromatic carbocycles. The second-order valence-electron chi connectivity index (χ2n) is 7.62. The third kappa shape index (κ3) is 5.90. The highest BCUT2D eigenvalue weighted by molar-refractivity contribution is 4.79. The maximum Gasteiger partial charge on any atom is 0.00965 e. The first-order valence-electron chi connectivity index (χ1n) is 7.53. The van der Waals surface area contributed by atoms with Crippen LogP contribution in [-0.2, 0) is 0 Å². The molecule has 0 aliphatic heterocycles. The molecule has 0 heterocycles. The Morgan fingerprint density at radius 3 is 2.06 bits per heavy atom. The molecule has 0 saturated heterocycles. The van der Waals surface area contributed by atoms with E-state index in [0.717, 1.165) is 23.7 Å². The number of nitrogens with one attached hydrogen (secondary N) is 1. The van der Waals surface area contributed by atoms with Crippen molar-refractivity contribution in [1.82, 2.24) is 5.32 Å². The molecule has 1 saturated carbocycles. The third-order valence-corrected chi connectivity index (χ3v) is 4.27. The van der Waals surface area contributed by atoms with Crippen molar-refractivity contribution < 1.29 is 0 Å². The summed E-state index contributed by atoms with van der Waals surface area (Å²) in [6.45, 7) is 15.3. The zero-order chi connectivity index (χ0) is 13.1. The van der Waals surface area contributed by atoms with Gasteiger partial charge in [0.1, 0.15) is 0 Å². The molecule has 0 amide bonds. The lowest BCUT2D eigenvalue weighted by Crippen LogP contribution is -2.37. The van der Waals surface area contributed by atoms with Crippen molar-refractivity contribution in [3.05, 3.63) is 0 Å². The van der Waals surface area contributed by atoms with Crippen molar-refractivity contribution in [3.63, 3.8) is 0 Å². The quantitative estimate of drug-likeness (QED) is 0.763. The van der Waals surface area contributed by atoms with Gasteiger partial charge in [-0.25, -0.2) is 0 Å². The maximum atomic E-state index is 3.61. The average Bonchev–Trinajstić information content (AvgIpc) is 2.13. The Bertz CT molecular complexity index is 206. The van der Waals surface area contributed by atoms with E-state index < -0.39 is 0 Å². The Morgan fingerprint density at radius 2 is 1.59 bits per heavy atom. The van der Waals surface area contributed by atoms with Crippen LogP contribution in [0, 0.1) is 23.7 Å². The molecule has 0 radical (unpaired) electrons. The van der Waals surface area contributed by atoms with Crippen molar-refractivity contribution in [1.29, 1.82) is 0 Å². The minimum absolute atomic E-state index is 0.271. The molecule has 1 nitrogen and oxygen atoms in total. The summed E-state index contributed by atoms with van der Waals surface area (Å²) in [6.07, 6.45) is 5.70. The molecule has 102 valence electrons. The molecule has 0 spiro atoms. The molecule has 3 unspecified atom stereocenters. The van der Waals surface area contributed by atoms with Gasteiger partial charge in [0.25, 0.3) is 0 Å². The van der Waals surface area contributed by atoms with E-state index in [2.05, 4.69) is 46.9 Å². The van der Waals surface area contributed by atoms with Crippen LogP contribution in [0.1, 0.15) is 67.2 Å². The second kappa shape index (κ2) is 6.22.